The average Bonchev–Trinajstić information content (AvgIpc) is 2.94. The summed E-state index contributed by atoms with van der Waals surface area (Å²) in [5, 5.41) is 5.30. The normalized spacial score (nSPS) is 12.7. The van der Waals surface area contributed by atoms with E-state index >= 15 is 0 Å². The maximum absolute atomic E-state index is 5.82. The lowest BCUT2D eigenvalue weighted by Gasteiger charge is -2.06. The van der Waals surface area contributed by atoms with Crippen LogP contribution >= 0.6 is 11.3 Å². The van der Waals surface area contributed by atoms with Crippen LogP contribution in [0.1, 0.15) is 4.88 Å². The smallest absolute Gasteiger partial charge is 0.231 e. The van der Waals surface area contributed by atoms with Crippen molar-refractivity contribution >= 4 is 22.7 Å². The van der Waals surface area contributed by atoms with Crippen LogP contribution in [0.25, 0.3) is 0 Å². The third kappa shape index (κ3) is 2.01. The molecule has 2 aromatic rings. The summed E-state index contributed by atoms with van der Waals surface area (Å²) in [6.45, 7) is 1.03. The molecule has 4 nitrogen and oxygen atoms in total. The third-order valence-corrected chi connectivity index (χ3v) is 3.54. The standard InChI is InChI=1S/C12H12N2O2S/c13-9-3-4-17-12(9)6-14-8-1-2-10-11(5-8)16-7-15-10/h1-5,14H,6-7,13H2. The molecular formula is C12H12N2O2S. The molecule has 0 bridgehead atoms. The first-order valence-corrected chi connectivity index (χ1v) is 6.16. The van der Waals surface area contributed by atoms with Crippen molar-refractivity contribution in [3.8, 4) is 11.5 Å². The molecule has 1 aliphatic rings. The molecular weight excluding hydrogens is 236 g/mol. The second-order valence-electron chi connectivity index (χ2n) is 3.72. The predicted molar refractivity (Wildman–Crippen MR) is 68.6 cm³/mol. The Kier molecular flexibility index (Phi) is 2.53. The molecule has 0 fully saturated rings. The molecule has 0 aliphatic carbocycles. The maximum Gasteiger partial charge on any atom is 0.231 e. The average molecular weight is 248 g/mol. The van der Waals surface area contributed by atoms with Crippen molar-refractivity contribution in [2.24, 2.45) is 0 Å². The van der Waals surface area contributed by atoms with Gasteiger partial charge in [0.05, 0.1) is 6.54 Å². The van der Waals surface area contributed by atoms with Crippen molar-refractivity contribution in [2.45, 2.75) is 6.54 Å². The van der Waals surface area contributed by atoms with Gasteiger partial charge in [0.1, 0.15) is 0 Å². The van der Waals surface area contributed by atoms with Gasteiger partial charge in [-0.05, 0) is 23.6 Å². The van der Waals surface area contributed by atoms with E-state index in [1.165, 1.54) is 0 Å². The molecule has 2 heterocycles. The molecule has 0 spiro atoms. The van der Waals surface area contributed by atoms with Crippen LogP contribution in [0.15, 0.2) is 29.6 Å². The van der Waals surface area contributed by atoms with Crippen molar-refractivity contribution in [1.82, 2.24) is 0 Å². The highest BCUT2D eigenvalue weighted by molar-refractivity contribution is 7.10. The first-order valence-electron chi connectivity index (χ1n) is 5.28. The van der Waals surface area contributed by atoms with Gasteiger partial charge in [0.2, 0.25) is 6.79 Å². The summed E-state index contributed by atoms with van der Waals surface area (Å²) >= 11 is 1.65. The zero-order chi connectivity index (χ0) is 11.7. The summed E-state index contributed by atoms with van der Waals surface area (Å²) in [5.74, 6) is 1.58. The molecule has 0 radical (unpaired) electrons. The number of nitrogens with two attached hydrogens (primary N) is 1. The molecule has 88 valence electrons. The Balaban J connectivity index is 1.72. The van der Waals surface area contributed by atoms with Crippen LogP contribution in [0.4, 0.5) is 11.4 Å². The summed E-state index contributed by atoms with van der Waals surface area (Å²) in [7, 11) is 0. The Morgan fingerprint density at radius 3 is 2.94 bits per heavy atom. The van der Waals surface area contributed by atoms with Gasteiger partial charge in [-0.15, -0.1) is 11.3 Å². The highest BCUT2D eigenvalue weighted by atomic mass is 32.1. The summed E-state index contributed by atoms with van der Waals surface area (Å²) in [5.41, 5.74) is 7.66. The second-order valence-corrected chi connectivity index (χ2v) is 4.72. The zero-order valence-corrected chi connectivity index (χ0v) is 9.92. The Bertz CT molecular complexity index is 539. The number of rotatable bonds is 3. The molecule has 0 unspecified atom stereocenters. The topological polar surface area (TPSA) is 56.5 Å². The predicted octanol–water partition coefficient (Wildman–Crippen LogP) is 2.67. The molecule has 0 amide bonds. The van der Waals surface area contributed by atoms with E-state index in [1.807, 2.05) is 29.6 Å². The van der Waals surface area contributed by atoms with Gasteiger partial charge in [-0.25, -0.2) is 0 Å². The van der Waals surface area contributed by atoms with Gasteiger partial charge in [-0.1, -0.05) is 0 Å². The minimum absolute atomic E-state index is 0.302. The number of ether oxygens (including phenoxy) is 2. The van der Waals surface area contributed by atoms with Crippen molar-refractivity contribution in [1.29, 1.82) is 0 Å². The quantitative estimate of drug-likeness (QED) is 0.876. The Morgan fingerprint density at radius 2 is 2.12 bits per heavy atom. The molecule has 3 N–H and O–H groups in total. The first-order chi connectivity index (χ1) is 8.33. The second kappa shape index (κ2) is 4.18. The number of thiophene rings is 1. The number of nitrogens with one attached hydrogen (secondary N) is 1. The summed E-state index contributed by atoms with van der Waals surface area (Å²) in [4.78, 5) is 1.14. The summed E-state index contributed by atoms with van der Waals surface area (Å²) in [6.07, 6.45) is 0. The van der Waals surface area contributed by atoms with E-state index in [1.54, 1.807) is 11.3 Å². The molecule has 0 saturated carbocycles. The molecule has 5 heteroatoms. The van der Waals surface area contributed by atoms with E-state index in [4.69, 9.17) is 15.2 Å². The number of nitrogen functional groups attached to an aromatic ring is 1. The molecule has 1 aromatic heterocycles. The van der Waals surface area contributed by atoms with E-state index < -0.39 is 0 Å². The highest BCUT2D eigenvalue weighted by Crippen LogP contribution is 2.34. The molecule has 3 rings (SSSR count). The molecule has 1 aromatic carbocycles. The van der Waals surface area contributed by atoms with Crippen LogP contribution in [0.3, 0.4) is 0 Å². The van der Waals surface area contributed by atoms with Crippen molar-refractivity contribution < 1.29 is 9.47 Å². The molecule has 0 atom stereocenters. The van der Waals surface area contributed by atoms with Gasteiger partial charge in [-0.3, -0.25) is 0 Å². The Hall–Kier alpha value is -1.88. The monoisotopic (exact) mass is 248 g/mol. The number of benzene rings is 1. The van der Waals surface area contributed by atoms with E-state index in [0.29, 0.717) is 6.79 Å². The van der Waals surface area contributed by atoms with Crippen molar-refractivity contribution in [3.05, 3.63) is 34.5 Å². The van der Waals surface area contributed by atoms with E-state index in [2.05, 4.69) is 5.32 Å². The minimum atomic E-state index is 0.302. The number of anilines is 2. The van der Waals surface area contributed by atoms with Crippen molar-refractivity contribution in [2.75, 3.05) is 17.8 Å². The van der Waals surface area contributed by atoms with E-state index in [-0.39, 0.29) is 0 Å². The summed E-state index contributed by atoms with van der Waals surface area (Å²) < 4.78 is 10.6. The fourth-order valence-corrected chi connectivity index (χ4v) is 2.42. The van der Waals surface area contributed by atoms with E-state index in [0.717, 1.165) is 34.3 Å². The number of hydrogen-bond donors (Lipinski definition) is 2. The molecule has 1 aliphatic heterocycles. The van der Waals surface area contributed by atoms with Crippen LogP contribution < -0.4 is 20.5 Å². The largest absolute Gasteiger partial charge is 0.454 e. The van der Waals surface area contributed by atoms with Crippen LogP contribution in [-0.2, 0) is 6.54 Å². The lowest BCUT2D eigenvalue weighted by Crippen LogP contribution is -1.99. The Morgan fingerprint density at radius 1 is 1.24 bits per heavy atom. The minimum Gasteiger partial charge on any atom is -0.454 e. The fourth-order valence-electron chi connectivity index (χ4n) is 1.68. The SMILES string of the molecule is Nc1ccsc1CNc1ccc2c(c1)OCO2. The lowest BCUT2D eigenvalue weighted by atomic mass is 10.2. The van der Waals surface area contributed by atoms with Crippen molar-refractivity contribution in [3.63, 3.8) is 0 Å². The molecule has 17 heavy (non-hydrogen) atoms. The zero-order valence-electron chi connectivity index (χ0n) is 9.10. The Labute approximate surface area is 103 Å². The van der Waals surface area contributed by atoms with Gasteiger partial charge in [0.15, 0.2) is 11.5 Å². The third-order valence-electron chi connectivity index (χ3n) is 2.61. The number of fused-ring (bicyclic) bond motifs is 1. The molecule has 0 saturated heterocycles. The maximum atomic E-state index is 5.82. The van der Waals surface area contributed by atoms with Gasteiger partial charge < -0.3 is 20.5 Å². The van der Waals surface area contributed by atoms with Gasteiger partial charge in [-0.2, -0.15) is 0 Å². The lowest BCUT2D eigenvalue weighted by molar-refractivity contribution is 0.174. The van der Waals surface area contributed by atoms with Crippen LogP contribution in [0, 0.1) is 0 Å². The fraction of sp³-hybridized carbons (Fsp3) is 0.167. The van der Waals surface area contributed by atoms with Gasteiger partial charge in [0.25, 0.3) is 0 Å². The highest BCUT2D eigenvalue weighted by Gasteiger charge is 2.13. The van der Waals surface area contributed by atoms with Gasteiger partial charge >= 0.3 is 0 Å². The number of hydrogen-bond acceptors (Lipinski definition) is 5. The summed E-state index contributed by atoms with van der Waals surface area (Å²) in [6, 6.07) is 7.73. The van der Waals surface area contributed by atoms with Crippen LogP contribution in [0.2, 0.25) is 0 Å². The first kappa shape index (κ1) is 10.3. The van der Waals surface area contributed by atoms with Crippen LogP contribution in [0.5, 0.6) is 11.5 Å². The van der Waals surface area contributed by atoms with E-state index in [9.17, 15) is 0 Å². The van der Waals surface area contributed by atoms with Crippen LogP contribution in [-0.4, -0.2) is 6.79 Å². The van der Waals surface area contributed by atoms with Gasteiger partial charge in [0, 0.05) is 22.3 Å².